The molecule has 1 aromatic heterocycles. The number of ether oxygens (including phenoxy) is 1. The lowest BCUT2D eigenvalue weighted by Gasteiger charge is -2.31. The summed E-state index contributed by atoms with van der Waals surface area (Å²) in [5, 5.41) is 13.1. The van der Waals surface area contributed by atoms with Crippen LogP contribution in [0.15, 0.2) is 78.4 Å². The maximum absolute atomic E-state index is 13.6. The number of halogens is 1. The molecule has 160 valence electrons. The summed E-state index contributed by atoms with van der Waals surface area (Å²) in [5.74, 6) is -0.179. The lowest BCUT2D eigenvalue weighted by molar-refractivity contribution is -0.138. The van der Waals surface area contributed by atoms with Crippen LogP contribution in [0.3, 0.4) is 0 Å². The largest absolute Gasteiger partial charge is 0.508 e. The van der Waals surface area contributed by atoms with E-state index in [-0.39, 0.29) is 18.2 Å². The average Bonchev–Trinajstić information content (AvgIpc) is 3.17. The van der Waals surface area contributed by atoms with E-state index >= 15 is 0 Å². The average molecular weight is 429 g/mol. The first-order chi connectivity index (χ1) is 15.6. The number of esters is 1. The van der Waals surface area contributed by atoms with Crippen molar-refractivity contribution in [3.05, 3.63) is 95.3 Å². The predicted octanol–water partition coefficient (Wildman–Crippen LogP) is 4.87. The third-order valence-electron chi connectivity index (χ3n) is 5.47. The van der Waals surface area contributed by atoms with E-state index in [0.717, 1.165) is 16.6 Å². The van der Waals surface area contributed by atoms with Gasteiger partial charge in [0.2, 0.25) is 5.95 Å². The number of hydrogen-bond acceptors (Lipinski definition) is 5. The maximum atomic E-state index is 13.6. The van der Waals surface area contributed by atoms with Crippen LogP contribution in [0.4, 0.5) is 10.3 Å². The van der Waals surface area contributed by atoms with Crippen molar-refractivity contribution in [2.24, 2.45) is 0 Å². The van der Waals surface area contributed by atoms with Crippen molar-refractivity contribution in [3.63, 3.8) is 0 Å². The van der Waals surface area contributed by atoms with Crippen LogP contribution in [-0.4, -0.2) is 27.2 Å². The zero-order valence-corrected chi connectivity index (χ0v) is 17.2. The van der Waals surface area contributed by atoms with Crippen molar-refractivity contribution in [2.75, 3.05) is 11.9 Å². The summed E-state index contributed by atoms with van der Waals surface area (Å²) in [7, 11) is 0. The normalized spacial score (nSPS) is 15.4. The lowest BCUT2D eigenvalue weighted by Crippen LogP contribution is -2.29. The number of carbonyl (C=O) groups excluding carboxylic acids is 1. The fraction of sp³-hybridized carbons (Fsp3) is 0.120. The summed E-state index contributed by atoms with van der Waals surface area (Å²) in [6.07, 6.45) is 0. The fourth-order valence-electron chi connectivity index (χ4n) is 4.08. The van der Waals surface area contributed by atoms with Gasteiger partial charge in [0.1, 0.15) is 11.6 Å². The van der Waals surface area contributed by atoms with Crippen molar-refractivity contribution < 1.29 is 19.0 Å². The van der Waals surface area contributed by atoms with E-state index in [1.165, 1.54) is 12.1 Å². The van der Waals surface area contributed by atoms with Gasteiger partial charge in [0.15, 0.2) is 0 Å². The van der Waals surface area contributed by atoms with Gasteiger partial charge in [-0.25, -0.2) is 14.2 Å². The van der Waals surface area contributed by atoms with Crippen molar-refractivity contribution in [1.29, 1.82) is 0 Å². The van der Waals surface area contributed by atoms with Crippen LogP contribution in [-0.2, 0) is 9.53 Å². The number of aromatic nitrogens is 2. The Balaban J connectivity index is 1.82. The summed E-state index contributed by atoms with van der Waals surface area (Å²) in [6, 6.07) is 19.7. The van der Waals surface area contributed by atoms with Crippen molar-refractivity contribution in [1.82, 2.24) is 9.55 Å². The molecule has 0 fully saturated rings. The Hall–Kier alpha value is -4.13. The Morgan fingerprint density at radius 3 is 2.53 bits per heavy atom. The number of imidazole rings is 1. The van der Waals surface area contributed by atoms with Gasteiger partial charge in [-0.2, -0.15) is 0 Å². The van der Waals surface area contributed by atoms with Gasteiger partial charge in [-0.3, -0.25) is 4.57 Å². The monoisotopic (exact) mass is 429 g/mol. The molecule has 0 saturated carbocycles. The minimum atomic E-state index is -0.571. The van der Waals surface area contributed by atoms with Gasteiger partial charge < -0.3 is 15.2 Å². The van der Waals surface area contributed by atoms with Gasteiger partial charge in [0.25, 0.3) is 0 Å². The number of fused-ring (bicyclic) bond motifs is 3. The third kappa shape index (κ3) is 3.28. The number of nitrogens with zero attached hydrogens (tertiary/aromatic N) is 2. The number of para-hydroxylation sites is 2. The quantitative estimate of drug-likeness (QED) is 0.453. The fourth-order valence-corrected chi connectivity index (χ4v) is 4.08. The van der Waals surface area contributed by atoms with E-state index in [9.17, 15) is 14.3 Å². The number of anilines is 1. The topological polar surface area (TPSA) is 76.4 Å². The second kappa shape index (κ2) is 7.85. The number of hydrogen-bond donors (Lipinski definition) is 2. The molecule has 2 N–H and O–H groups in total. The first kappa shape index (κ1) is 19.8. The van der Waals surface area contributed by atoms with Crippen LogP contribution in [0.25, 0.3) is 16.7 Å². The highest BCUT2D eigenvalue weighted by Crippen LogP contribution is 2.42. The number of phenolic OH excluding ortho intramolecular Hbond substituents is 1. The molecule has 32 heavy (non-hydrogen) atoms. The highest BCUT2D eigenvalue weighted by Gasteiger charge is 2.36. The smallest absolute Gasteiger partial charge is 0.338 e. The molecule has 5 rings (SSSR count). The molecule has 7 heteroatoms. The number of carbonyl (C=O) groups is 1. The number of benzene rings is 3. The zero-order valence-electron chi connectivity index (χ0n) is 17.2. The van der Waals surface area contributed by atoms with Crippen LogP contribution in [0, 0.1) is 5.82 Å². The summed E-state index contributed by atoms with van der Waals surface area (Å²) in [5.41, 5.74) is 3.90. The molecular weight excluding hydrogens is 409 g/mol. The molecular formula is C25H20FN3O3. The summed E-state index contributed by atoms with van der Waals surface area (Å²) < 4.78 is 21.0. The SMILES string of the molecule is CCOC(=O)C1=C(c2ccc(F)cc2)Nc2nc3ccccc3n2C1c1ccc(O)cc1. The van der Waals surface area contributed by atoms with Crippen molar-refractivity contribution >= 4 is 28.6 Å². The first-order valence-corrected chi connectivity index (χ1v) is 10.3. The third-order valence-corrected chi connectivity index (χ3v) is 5.47. The predicted molar refractivity (Wildman–Crippen MR) is 120 cm³/mol. The van der Waals surface area contributed by atoms with E-state index in [0.29, 0.717) is 22.8 Å². The maximum Gasteiger partial charge on any atom is 0.338 e. The Bertz CT molecular complexity index is 1340. The molecule has 1 unspecified atom stereocenters. The molecule has 3 aromatic carbocycles. The molecule has 0 saturated heterocycles. The van der Waals surface area contributed by atoms with E-state index in [1.807, 2.05) is 28.8 Å². The van der Waals surface area contributed by atoms with E-state index in [4.69, 9.17) is 9.72 Å². The van der Waals surface area contributed by atoms with Crippen LogP contribution in [0.2, 0.25) is 0 Å². The van der Waals surface area contributed by atoms with Gasteiger partial charge in [0.05, 0.1) is 35.0 Å². The molecule has 1 aliphatic rings. The van der Waals surface area contributed by atoms with Crippen LogP contribution in [0.5, 0.6) is 5.75 Å². The number of aromatic hydroxyl groups is 1. The summed E-state index contributed by atoms with van der Waals surface area (Å²) in [4.78, 5) is 18.0. The first-order valence-electron chi connectivity index (χ1n) is 10.3. The number of nitrogens with one attached hydrogen (secondary N) is 1. The molecule has 2 heterocycles. The molecule has 1 aliphatic heterocycles. The Labute approximate surface area is 183 Å². The van der Waals surface area contributed by atoms with E-state index in [1.54, 1.807) is 43.3 Å². The number of phenols is 1. The highest BCUT2D eigenvalue weighted by atomic mass is 19.1. The van der Waals surface area contributed by atoms with Crippen LogP contribution >= 0.6 is 0 Å². The van der Waals surface area contributed by atoms with Crippen molar-refractivity contribution in [2.45, 2.75) is 13.0 Å². The standard InChI is InChI=1S/C25H20FN3O3/c1-2-32-24(31)21-22(15-7-11-17(26)12-8-15)28-25-27-19-5-3-4-6-20(19)29(25)23(21)16-9-13-18(30)14-10-16/h3-14,23,30H,2H2,1H3,(H,27,28). The molecule has 0 radical (unpaired) electrons. The second-order valence-electron chi connectivity index (χ2n) is 7.43. The van der Waals surface area contributed by atoms with Gasteiger partial charge >= 0.3 is 5.97 Å². The van der Waals surface area contributed by atoms with E-state index < -0.39 is 12.0 Å². The zero-order chi connectivity index (χ0) is 22.2. The van der Waals surface area contributed by atoms with E-state index in [2.05, 4.69) is 5.32 Å². The molecule has 0 aliphatic carbocycles. The summed E-state index contributed by atoms with van der Waals surface area (Å²) in [6.45, 7) is 1.96. The second-order valence-corrected chi connectivity index (χ2v) is 7.43. The highest BCUT2D eigenvalue weighted by molar-refractivity contribution is 6.03. The Morgan fingerprint density at radius 2 is 1.81 bits per heavy atom. The van der Waals surface area contributed by atoms with Crippen molar-refractivity contribution in [3.8, 4) is 5.75 Å². The van der Waals surface area contributed by atoms with Gasteiger partial charge in [0, 0.05) is 0 Å². The molecule has 4 aromatic rings. The van der Waals surface area contributed by atoms with Crippen LogP contribution in [0.1, 0.15) is 24.1 Å². The molecule has 0 spiro atoms. The molecule has 6 nitrogen and oxygen atoms in total. The Morgan fingerprint density at radius 1 is 1.09 bits per heavy atom. The molecule has 1 atom stereocenters. The Kier molecular flexibility index (Phi) is 4.86. The molecule has 0 amide bonds. The van der Waals surface area contributed by atoms with Gasteiger partial charge in [-0.05, 0) is 66.6 Å². The van der Waals surface area contributed by atoms with Gasteiger partial charge in [-0.1, -0.05) is 24.3 Å². The minimum Gasteiger partial charge on any atom is -0.508 e. The summed E-state index contributed by atoms with van der Waals surface area (Å²) >= 11 is 0. The van der Waals surface area contributed by atoms with Crippen LogP contribution < -0.4 is 5.32 Å². The minimum absolute atomic E-state index is 0.124. The number of rotatable bonds is 4. The lowest BCUT2D eigenvalue weighted by atomic mass is 9.92. The van der Waals surface area contributed by atoms with Gasteiger partial charge in [-0.15, -0.1) is 0 Å². The molecule has 0 bridgehead atoms.